The number of hydrogen-bond acceptors (Lipinski definition) is 6. The second kappa shape index (κ2) is 10.4. The van der Waals surface area contributed by atoms with Crippen molar-refractivity contribution in [2.45, 2.75) is 4.90 Å². The highest BCUT2D eigenvalue weighted by molar-refractivity contribution is 7.89. The molecule has 0 bridgehead atoms. The second-order valence-electron chi connectivity index (χ2n) is 7.00. The molecule has 0 saturated carbocycles. The molecule has 9 nitrogen and oxygen atoms in total. The summed E-state index contributed by atoms with van der Waals surface area (Å²) in [7, 11) is -1.94. The highest BCUT2D eigenvalue weighted by atomic mass is 32.2. The summed E-state index contributed by atoms with van der Waals surface area (Å²) in [6.45, 7) is 2.69. The predicted molar refractivity (Wildman–Crippen MR) is 116 cm³/mol. The first-order valence-electron chi connectivity index (χ1n) is 9.91. The van der Waals surface area contributed by atoms with Crippen molar-refractivity contribution in [1.82, 2.24) is 14.5 Å². The molecule has 2 N–H and O–H groups in total. The highest BCUT2D eigenvalue weighted by Gasteiger charge is 2.28. The first-order valence-corrected chi connectivity index (χ1v) is 11.3. The number of piperazine rings is 1. The summed E-state index contributed by atoms with van der Waals surface area (Å²) >= 11 is 0. The van der Waals surface area contributed by atoms with Crippen LogP contribution in [0.15, 0.2) is 59.5 Å². The van der Waals surface area contributed by atoms with Crippen LogP contribution < -0.4 is 15.4 Å². The standard InChI is InChI=1S/C21H26N4O5S/c1-30-18-9-7-17(8-10-18)23-21(27)20(26)22-11-12-24-13-15-25(16-14-24)31(28,29)19-5-3-2-4-6-19/h2-10H,11-16H2,1H3,(H,22,26)(H,23,27). The van der Waals surface area contributed by atoms with Crippen LogP contribution in [-0.4, -0.2) is 75.8 Å². The quantitative estimate of drug-likeness (QED) is 0.608. The molecule has 1 aliphatic rings. The summed E-state index contributed by atoms with van der Waals surface area (Å²) in [5.74, 6) is -0.816. The van der Waals surface area contributed by atoms with E-state index in [4.69, 9.17) is 4.74 Å². The number of rotatable bonds is 7. The van der Waals surface area contributed by atoms with E-state index in [9.17, 15) is 18.0 Å². The van der Waals surface area contributed by atoms with Gasteiger partial charge in [-0.2, -0.15) is 4.31 Å². The molecule has 2 aromatic rings. The van der Waals surface area contributed by atoms with Gasteiger partial charge in [-0.05, 0) is 36.4 Å². The number of anilines is 1. The van der Waals surface area contributed by atoms with E-state index in [0.717, 1.165) is 0 Å². The first kappa shape index (κ1) is 22.7. The van der Waals surface area contributed by atoms with Gasteiger partial charge in [0.05, 0.1) is 12.0 Å². The van der Waals surface area contributed by atoms with Crippen molar-refractivity contribution in [2.24, 2.45) is 0 Å². The number of nitrogens with zero attached hydrogens (tertiary/aromatic N) is 2. The van der Waals surface area contributed by atoms with Crippen molar-refractivity contribution in [1.29, 1.82) is 0 Å². The molecule has 2 amide bonds. The Morgan fingerprint density at radius 1 is 0.935 bits per heavy atom. The molecule has 166 valence electrons. The molecule has 0 aliphatic carbocycles. The van der Waals surface area contributed by atoms with Gasteiger partial charge in [0.1, 0.15) is 5.75 Å². The Kier molecular flexibility index (Phi) is 7.61. The van der Waals surface area contributed by atoms with Crippen LogP contribution in [0.5, 0.6) is 5.75 Å². The average Bonchev–Trinajstić information content (AvgIpc) is 2.80. The fraction of sp³-hybridized carbons (Fsp3) is 0.333. The number of hydrogen-bond donors (Lipinski definition) is 2. The van der Waals surface area contributed by atoms with Gasteiger partial charge in [0.25, 0.3) is 0 Å². The summed E-state index contributed by atoms with van der Waals surface area (Å²) < 4.78 is 31.8. The lowest BCUT2D eigenvalue weighted by Crippen LogP contribution is -2.50. The summed E-state index contributed by atoms with van der Waals surface area (Å²) in [5.41, 5.74) is 0.497. The third-order valence-electron chi connectivity index (χ3n) is 4.98. The normalized spacial score (nSPS) is 15.3. The van der Waals surface area contributed by atoms with E-state index < -0.39 is 21.8 Å². The largest absolute Gasteiger partial charge is 0.497 e. The van der Waals surface area contributed by atoms with Crippen LogP contribution in [0, 0.1) is 0 Å². The zero-order chi connectivity index (χ0) is 22.3. The van der Waals surface area contributed by atoms with Gasteiger partial charge in [-0.25, -0.2) is 8.42 Å². The number of benzene rings is 2. The minimum atomic E-state index is -3.49. The molecule has 1 aliphatic heterocycles. The molecule has 0 unspecified atom stereocenters. The number of carbonyl (C=O) groups is 2. The Balaban J connectivity index is 1.39. The van der Waals surface area contributed by atoms with E-state index in [1.807, 2.05) is 0 Å². The van der Waals surface area contributed by atoms with Crippen LogP contribution in [-0.2, 0) is 19.6 Å². The lowest BCUT2D eigenvalue weighted by atomic mass is 10.3. The van der Waals surface area contributed by atoms with Crippen molar-refractivity contribution in [3.63, 3.8) is 0 Å². The maximum absolute atomic E-state index is 12.7. The summed E-state index contributed by atoms with van der Waals surface area (Å²) in [6, 6.07) is 15.0. The second-order valence-corrected chi connectivity index (χ2v) is 8.94. The van der Waals surface area contributed by atoms with E-state index in [1.165, 1.54) is 4.31 Å². The molecule has 0 atom stereocenters. The summed E-state index contributed by atoms with van der Waals surface area (Å²) in [6.07, 6.45) is 0. The molecule has 2 aromatic carbocycles. The van der Waals surface area contributed by atoms with Crippen molar-refractivity contribution in [3.05, 3.63) is 54.6 Å². The number of amides is 2. The molecule has 0 aromatic heterocycles. The average molecular weight is 447 g/mol. The molecular weight excluding hydrogens is 420 g/mol. The molecule has 1 fully saturated rings. The molecule has 31 heavy (non-hydrogen) atoms. The van der Waals surface area contributed by atoms with Crippen LogP contribution in [0.1, 0.15) is 0 Å². The number of sulfonamides is 1. The van der Waals surface area contributed by atoms with Gasteiger partial charge in [-0.15, -0.1) is 0 Å². The molecule has 0 spiro atoms. The molecule has 1 saturated heterocycles. The SMILES string of the molecule is COc1ccc(NC(=O)C(=O)NCCN2CCN(S(=O)(=O)c3ccccc3)CC2)cc1. The Morgan fingerprint density at radius 3 is 2.19 bits per heavy atom. The van der Waals surface area contributed by atoms with E-state index >= 15 is 0 Å². The summed E-state index contributed by atoms with van der Waals surface area (Å²) in [5, 5.41) is 5.12. The van der Waals surface area contributed by atoms with Crippen LogP contribution in [0.25, 0.3) is 0 Å². The topological polar surface area (TPSA) is 108 Å². The zero-order valence-corrected chi connectivity index (χ0v) is 18.1. The molecule has 10 heteroatoms. The van der Waals surface area contributed by atoms with Gasteiger partial charge in [0, 0.05) is 45.0 Å². The van der Waals surface area contributed by atoms with E-state index in [-0.39, 0.29) is 0 Å². The van der Waals surface area contributed by atoms with Crippen LogP contribution >= 0.6 is 0 Å². The Labute approximate surface area is 182 Å². The minimum absolute atomic E-state index is 0.290. The van der Waals surface area contributed by atoms with E-state index in [1.54, 1.807) is 61.7 Å². The van der Waals surface area contributed by atoms with Gasteiger partial charge in [-0.3, -0.25) is 14.5 Å². The third kappa shape index (κ3) is 6.03. The summed E-state index contributed by atoms with van der Waals surface area (Å²) in [4.78, 5) is 26.3. The molecule has 3 rings (SSSR count). The Morgan fingerprint density at radius 2 is 1.58 bits per heavy atom. The maximum atomic E-state index is 12.7. The zero-order valence-electron chi connectivity index (χ0n) is 17.3. The third-order valence-corrected chi connectivity index (χ3v) is 6.89. The maximum Gasteiger partial charge on any atom is 0.313 e. The molecule has 1 heterocycles. The molecular formula is C21H26N4O5S. The first-order chi connectivity index (χ1) is 14.9. The minimum Gasteiger partial charge on any atom is -0.497 e. The fourth-order valence-electron chi connectivity index (χ4n) is 3.21. The van der Waals surface area contributed by atoms with Gasteiger partial charge in [0.15, 0.2) is 0 Å². The fourth-order valence-corrected chi connectivity index (χ4v) is 4.65. The number of nitrogens with one attached hydrogen (secondary N) is 2. The van der Waals surface area contributed by atoms with Crippen LogP contribution in [0.2, 0.25) is 0 Å². The van der Waals surface area contributed by atoms with Crippen molar-refractivity contribution in [3.8, 4) is 5.75 Å². The van der Waals surface area contributed by atoms with Gasteiger partial charge >= 0.3 is 11.8 Å². The van der Waals surface area contributed by atoms with Crippen molar-refractivity contribution >= 4 is 27.5 Å². The monoisotopic (exact) mass is 446 g/mol. The Hall–Kier alpha value is -2.95. The van der Waals surface area contributed by atoms with Crippen molar-refractivity contribution < 1.29 is 22.7 Å². The molecule has 0 radical (unpaired) electrons. The lowest BCUT2D eigenvalue weighted by molar-refractivity contribution is -0.136. The predicted octanol–water partition coefficient (Wildman–Crippen LogP) is 0.756. The van der Waals surface area contributed by atoms with E-state index in [2.05, 4.69) is 15.5 Å². The van der Waals surface area contributed by atoms with Crippen molar-refractivity contribution in [2.75, 3.05) is 51.7 Å². The lowest BCUT2D eigenvalue weighted by Gasteiger charge is -2.33. The van der Waals surface area contributed by atoms with Gasteiger partial charge < -0.3 is 15.4 Å². The van der Waals surface area contributed by atoms with Crippen LogP contribution in [0.4, 0.5) is 5.69 Å². The smallest absolute Gasteiger partial charge is 0.313 e. The number of methoxy groups -OCH3 is 1. The van der Waals surface area contributed by atoms with Gasteiger partial charge in [-0.1, -0.05) is 18.2 Å². The van der Waals surface area contributed by atoms with Gasteiger partial charge in [0.2, 0.25) is 10.0 Å². The van der Waals surface area contributed by atoms with E-state index in [0.29, 0.717) is 55.6 Å². The number of carbonyl (C=O) groups excluding carboxylic acids is 2. The highest BCUT2D eigenvalue weighted by Crippen LogP contribution is 2.17. The number of ether oxygens (including phenoxy) is 1. The van der Waals surface area contributed by atoms with Crippen LogP contribution in [0.3, 0.4) is 0 Å². The Bertz CT molecular complexity index is 988.